The van der Waals surface area contributed by atoms with Crippen molar-refractivity contribution in [3.63, 3.8) is 0 Å². The first-order valence-electron chi connectivity index (χ1n) is 6.39. The Morgan fingerprint density at radius 1 is 1.48 bits per heavy atom. The van der Waals surface area contributed by atoms with Crippen LogP contribution in [0, 0.1) is 0 Å². The maximum absolute atomic E-state index is 11.7. The number of amides is 1. The van der Waals surface area contributed by atoms with Crippen LogP contribution in [0.3, 0.4) is 0 Å². The van der Waals surface area contributed by atoms with Crippen LogP contribution in [0.15, 0.2) is 48.1 Å². The van der Waals surface area contributed by atoms with Crippen LogP contribution in [-0.2, 0) is 16.1 Å². The molecule has 5 nitrogen and oxygen atoms in total. The van der Waals surface area contributed by atoms with Crippen molar-refractivity contribution in [1.82, 2.24) is 9.62 Å². The molecule has 3 atom stereocenters. The fourth-order valence-corrected chi connectivity index (χ4v) is 4.15. The van der Waals surface area contributed by atoms with Gasteiger partial charge in [-0.3, -0.25) is 13.7 Å². The molecule has 2 N–H and O–H groups in total. The Labute approximate surface area is 132 Å². The lowest BCUT2D eigenvalue weighted by atomic mass is 10.2. The summed E-state index contributed by atoms with van der Waals surface area (Å²) in [6.07, 6.45) is 6.69. The van der Waals surface area contributed by atoms with E-state index in [1.165, 1.54) is 11.2 Å². The summed E-state index contributed by atoms with van der Waals surface area (Å²) >= 11 is -0.610. The van der Waals surface area contributed by atoms with Crippen molar-refractivity contribution in [1.29, 1.82) is 0 Å². The SMILES string of the molecule is C=C/C=C1/S[C@@H](CNC(C)=O)[C@@H](C)N(S(=O)O)/C1=C/C=C. The number of rotatable bonds is 5. The first-order valence-corrected chi connectivity index (χ1v) is 8.33. The molecule has 0 aromatic heterocycles. The summed E-state index contributed by atoms with van der Waals surface area (Å²) in [4.78, 5) is 11.9. The highest BCUT2D eigenvalue weighted by molar-refractivity contribution is 8.04. The Hall–Kier alpha value is -1.31. The maximum Gasteiger partial charge on any atom is 0.262 e. The van der Waals surface area contributed by atoms with Crippen molar-refractivity contribution < 1.29 is 13.6 Å². The highest BCUT2D eigenvalue weighted by Gasteiger charge is 2.36. The zero-order valence-corrected chi connectivity index (χ0v) is 13.7. The summed E-state index contributed by atoms with van der Waals surface area (Å²) in [6.45, 7) is 11.0. The van der Waals surface area contributed by atoms with E-state index in [0.717, 1.165) is 4.91 Å². The predicted octanol–water partition coefficient (Wildman–Crippen LogP) is 2.20. The normalized spacial score (nSPS) is 27.5. The molecule has 0 radical (unpaired) electrons. The second-order valence-corrected chi connectivity index (χ2v) is 6.58. The number of hydrogen-bond donors (Lipinski definition) is 2. The molecule has 1 aliphatic rings. The van der Waals surface area contributed by atoms with E-state index in [-0.39, 0.29) is 17.2 Å². The smallest absolute Gasteiger partial charge is 0.262 e. The van der Waals surface area contributed by atoms with E-state index in [1.54, 1.807) is 36.1 Å². The summed E-state index contributed by atoms with van der Waals surface area (Å²) in [5.74, 6) is -0.124. The van der Waals surface area contributed by atoms with Crippen LogP contribution >= 0.6 is 11.8 Å². The molecule has 0 bridgehead atoms. The number of nitrogens with zero attached hydrogens (tertiary/aromatic N) is 1. The van der Waals surface area contributed by atoms with Crippen molar-refractivity contribution in [3.8, 4) is 0 Å². The van der Waals surface area contributed by atoms with Gasteiger partial charge in [0, 0.05) is 23.6 Å². The van der Waals surface area contributed by atoms with E-state index in [2.05, 4.69) is 18.5 Å². The molecule has 0 spiro atoms. The Morgan fingerprint density at radius 3 is 2.57 bits per heavy atom. The lowest BCUT2D eigenvalue weighted by Gasteiger charge is -2.40. The van der Waals surface area contributed by atoms with Gasteiger partial charge in [-0.2, -0.15) is 0 Å². The average Bonchev–Trinajstić information content (AvgIpc) is 2.40. The fourth-order valence-electron chi connectivity index (χ4n) is 1.98. The third kappa shape index (κ3) is 4.59. The van der Waals surface area contributed by atoms with Gasteiger partial charge in [0.2, 0.25) is 5.91 Å². The van der Waals surface area contributed by atoms with Crippen LogP contribution in [0.2, 0.25) is 0 Å². The largest absolute Gasteiger partial charge is 0.355 e. The van der Waals surface area contributed by atoms with Gasteiger partial charge < -0.3 is 5.32 Å². The number of hydrogen-bond acceptors (Lipinski definition) is 3. The van der Waals surface area contributed by atoms with Crippen LogP contribution in [0.5, 0.6) is 0 Å². The quantitative estimate of drug-likeness (QED) is 0.759. The molecule has 1 saturated heterocycles. The fraction of sp³-hybridized carbons (Fsp3) is 0.357. The van der Waals surface area contributed by atoms with Gasteiger partial charge >= 0.3 is 0 Å². The van der Waals surface area contributed by atoms with Gasteiger partial charge in [-0.15, -0.1) is 11.8 Å². The third-order valence-electron chi connectivity index (χ3n) is 2.94. The molecule has 7 heteroatoms. The van der Waals surface area contributed by atoms with Crippen molar-refractivity contribution in [2.45, 2.75) is 25.1 Å². The van der Waals surface area contributed by atoms with Crippen molar-refractivity contribution in [2.75, 3.05) is 6.54 Å². The number of thioether (sulfide) groups is 1. The number of carbonyl (C=O) groups excluding carboxylic acids is 1. The zero-order chi connectivity index (χ0) is 16.0. The van der Waals surface area contributed by atoms with Gasteiger partial charge in [0.15, 0.2) is 0 Å². The van der Waals surface area contributed by atoms with E-state index in [0.29, 0.717) is 12.2 Å². The second kappa shape index (κ2) is 8.21. The molecule has 116 valence electrons. The summed E-state index contributed by atoms with van der Waals surface area (Å²) in [7, 11) is 0. The standard InChI is InChI=1S/C14H20N2O3S2/c1-5-7-12-13(8-6-2)20-14(9-15-11(4)17)10(3)16(12)21(18)19/h5-8,10,14H,1-2,9H2,3-4H3,(H,15,17)(H,18,19)/b12-7+,13-8+/t10-,14+/m1/s1. The molecule has 0 saturated carbocycles. The van der Waals surface area contributed by atoms with Gasteiger partial charge in [-0.05, 0) is 19.1 Å². The third-order valence-corrected chi connectivity index (χ3v) is 5.27. The molecular formula is C14H20N2O3S2. The topological polar surface area (TPSA) is 69.6 Å². The van der Waals surface area contributed by atoms with E-state index < -0.39 is 11.3 Å². The monoisotopic (exact) mass is 328 g/mol. The lowest BCUT2D eigenvalue weighted by Crippen LogP contribution is -2.48. The number of allylic oxidation sites excluding steroid dienone is 4. The van der Waals surface area contributed by atoms with Crippen LogP contribution in [0.25, 0.3) is 0 Å². The molecule has 1 unspecified atom stereocenters. The van der Waals surface area contributed by atoms with Crippen molar-refractivity contribution >= 4 is 28.9 Å². The first-order chi connectivity index (χ1) is 9.92. The van der Waals surface area contributed by atoms with Crippen molar-refractivity contribution in [3.05, 3.63) is 48.1 Å². The molecule has 0 aliphatic carbocycles. The highest BCUT2D eigenvalue weighted by Crippen LogP contribution is 2.40. The molecule has 0 aromatic rings. The second-order valence-electron chi connectivity index (χ2n) is 4.44. The summed E-state index contributed by atoms with van der Waals surface area (Å²) in [6, 6.07) is -0.221. The lowest BCUT2D eigenvalue weighted by molar-refractivity contribution is -0.118. The van der Waals surface area contributed by atoms with E-state index in [9.17, 15) is 13.6 Å². The van der Waals surface area contributed by atoms with Crippen LogP contribution in [-0.4, -0.2) is 36.8 Å². The molecule has 1 amide bonds. The summed E-state index contributed by atoms with van der Waals surface area (Å²) < 4.78 is 22.7. The van der Waals surface area contributed by atoms with E-state index in [1.807, 2.05) is 6.92 Å². The van der Waals surface area contributed by atoms with Gasteiger partial charge in [0.05, 0.1) is 11.7 Å². The van der Waals surface area contributed by atoms with Gasteiger partial charge in [0.1, 0.15) is 0 Å². The Morgan fingerprint density at radius 2 is 2.10 bits per heavy atom. The predicted molar refractivity (Wildman–Crippen MR) is 88.7 cm³/mol. The van der Waals surface area contributed by atoms with Crippen LogP contribution in [0.4, 0.5) is 0 Å². The molecule has 1 aliphatic heterocycles. The molecule has 1 heterocycles. The van der Waals surface area contributed by atoms with E-state index >= 15 is 0 Å². The van der Waals surface area contributed by atoms with Gasteiger partial charge in [0.25, 0.3) is 11.3 Å². The molecule has 21 heavy (non-hydrogen) atoms. The van der Waals surface area contributed by atoms with Crippen LogP contribution < -0.4 is 5.32 Å². The zero-order valence-electron chi connectivity index (χ0n) is 12.1. The summed E-state index contributed by atoms with van der Waals surface area (Å²) in [5, 5.41) is 2.71. The number of carbonyl (C=O) groups is 1. The summed E-state index contributed by atoms with van der Waals surface area (Å²) in [5.41, 5.74) is 0.627. The minimum Gasteiger partial charge on any atom is -0.355 e. The maximum atomic E-state index is 11.7. The Kier molecular flexibility index (Phi) is 6.94. The molecular weight excluding hydrogens is 308 g/mol. The Balaban J connectivity index is 3.16. The van der Waals surface area contributed by atoms with Gasteiger partial charge in [-0.1, -0.05) is 25.3 Å². The Bertz CT molecular complexity index is 514. The van der Waals surface area contributed by atoms with Gasteiger partial charge in [-0.25, -0.2) is 4.21 Å². The van der Waals surface area contributed by atoms with Crippen LogP contribution in [0.1, 0.15) is 13.8 Å². The average molecular weight is 328 g/mol. The number of nitrogens with one attached hydrogen (secondary N) is 1. The molecule has 1 rings (SSSR count). The minimum atomic E-state index is -2.16. The molecule has 1 fully saturated rings. The minimum absolute atomic E-state index is 0.0434. The first kappa shape index (κ1) is 17.7. The molecule has 0 aromatic carbocycles. The van der Waals surface area contributed by atoms with E-state index in [4.69, 9.17) is 0 Å². The van der Waals surface area contributed by atoms with Crippen molar-refractivity contribution in [2.24, 2.45) is 0 Å². The highest BCUT2D eigenvalue weighted by atomic mass is 32.2.